The third-order valence-electron chi connectivity index (χ3n) is 4.36. The van der Waals surface area contributed by atoms with Gasteiger partial charge < -0.3 is 25.3 Å². The number of nitrogens with two attached hydrogens (primary N) is 1. The van der Waals surface area contributed by atoms with Crippen molar-refractivity contribution in [3.63, 3.8) is 0 Å². The third-order valence-corrected chi connectivity index (χ3v) is 4.36. The summed E-state index contributed by atoms with van der Waals surface area (Å²) in [6.45, 7) is 3.97. The first-order valence-electron chi connectivity index (χ1n) is 8.30. The number of oxazole rings is 1. The lowest BCUT2D eigenvalue weighted by Gasteiger charge is -2.33. The number of amides is 1. The van der Waals surface area contributed by atoms with Crippen LogP contribution >= 0.6 is 0 Å². The largest absolute Gasteiger partial charge is 0.441 e. The van der Waals surface area contributed by atoms with Gasteiger partial charge in [0.15, 0.2) is 11.5 Å². The number of carbonyl (C=O) groups excluding carboxylic acids is 1. The SMILES string of the molecule is CN1CCN(c2ccc3nc(C[C@H](N)C(=O)NCC#N)oc3c2)CC1. The Bertz CT molecular complexity index is 788. The van der Waals surface area contributed by atoms with E-state index in [0.717, 1.165) is 37.4 Å². The Kier molecular flexibility index (Phi) is 5.16. The van der Waals surface area contributed by atoms with Crippen LogP contribution < -0.4 is 16.0 Å². The zero-order valence-electron chi connectivity index (χ0n) is 14.2. The quantitative estimate of drug-likeness (QED) is 0.741. The highest BCUT2D eigenvalue weighted by molar-refractivity contribution is 5.82. The van der Waals surface area contributed by atoms with Gasteiger partial charge in [-0.15, -0.1) is 0 Å². The van der Waals surface area contributed by atoms with Crippen molar-refractivity contribution in [2.24, 2.45) is 5.73 Å². The summed E-state index contributed by atoms with van der Waals surface area (Å²) >= 11 is 0. The van der Waals surface area contributed by atoms with Gasteiger partial charge in [-0.05, 0) is 19.2 Å². The predicted molar refractivity (Wildman–Crippen MR) is 94.0 cm³/mol. The number of piperazine rings is 1. The molecule has 0 unspecified atom stereocenters. The smallest absolute Gasteiger partial charge is 0.238 e. The zero-order valence-corrected chi connectivity index (χ0v) is 14.2. The molecule has 2 heterocycles. The van der Waals surface area contributed by atoms with Crippen LogP contribution in [0.1, 0.15) is 5.89 Å². The Morgan fingerprint density at radius 3 is 2.92 bits per heavy atom. The van der Waals surface area contributed by atoms with Crippen LogP contribution in [-0.2, 0) is 11.2 Å². The Balaban J connectivity index is 1.70. The Labute approximate surface area is 146 Å². The van der Waals surface area contributed by atoms with E-state index in [-0.39, 0.29) is 18.9 Å². The van der Waals surface area contributed by atoms with Crippen LogP contribution in [0.2, 0.25) is 0 Å². The number of aromatic nitrogens is 1. The molecule has 1 aromatic heterocycles. The van der Waals surface area contributed by atoms with Crippen molar-refractivity contribution in [1.29, 1.82) is 5.26 Å². The van der Waals surface area contributed by atoms with E-state index >= 15 is 0 Å². The second kappa shape index (κ2) is 7.51. The van der Waals surface area contributed by atoms with Crippen molar-refractivity contribution in [2.75, 3.05) is 44.7 Å². The van der Waals surface area contributed by atoms with E-state index in [0.29, 0.717) is 11.5 Å². The predicted octanol–water partition coefficient (Wildman–Crippen LogP) is 0.0892. The van der Waals surface area contributed by atoms with Crippen molar-refractivity contribution in [3.05, 3.63) is 24.1 Å². The maximum absolute atomic E-state index is 11.7. The van der Waals surface area contributed by atoms with Gasteiger partial charge in [-0.3, -0.25) is 4.79 Å². The van der Waals surface area contributed by atoms with Gasteiger partial charge in [0.25, 0.3) is 0 Å². The summed E-state index contributed by atoms with van der Waals surface area (Å²) in [5, 5.41) is 10.9. The minimum atomic E-state index is -0.793. The molecule has 3 N–H and O–H groups in total. The van der Waals surface area contributed by atoms with Gasteiger partial charge >= 0.3 is 0 Å². The first-order chi connectivity index (χ1) is 12.1. The van der Waals surface area contributed by atoms with Crippen molar-refractivity contribution >= 4 is 22.7 Å². The van der Waals surface area contributed by atoms with Gasteiger partial charge in [0.1, 0.15) is 12.1 Å². The summed E-state index contributed by atoms with van der Waals surface area (Å²) in [6.07, 6.45) is 0.190. The fraction of sp³-hybridized carbons (Fsp3) is 0.471. The van der Waals surface area contributed by atoms with Crippen LogP contribution in [0.5, 0.6) is 0 Å². The second-order valence-corrected chi connectivity index (χ2v) is 6.24. The highest BCUT2D eigenvalue weighted by Crippen LogP contribution is 2.24. The molecule has 1 aromatic carbocycles. The molecule has 3 rings (SSSR count). The normalized spacial score (nSPS) is 16.6. The average molecular weight is 342 g/mol. The highest BCUT2D eigenvalue weighted by Gasteiger charge is 2.19. The van der Waals surface area contributed by atoms with Crippen molar-refractivity contribution in [2.45, 2.75) is 12.5 Å². The fourth-order valence-electron chi connectivity index (χ4n) is 2.85. The average Bonchev–Trinajstić information content (AvgIpc) is 3.01. The topological polar surface area (TPSA) is 111 Å². The molecule has 132 valence electrons. The van der Waals surface area contributed by atoms with E-state index in [1.807, 2.05) is 24.3 Å². The molecule has 2 aromatic rings. The summed E-state index contributed by atoms with van der Waals surface area (Å²) < 4.78 is 5.77. The molecule has 8 heteroatoms. The number of likely N-dealkylation sites (N-methyl/N-ethyl adjacent to an activating group) is 1. The van der Waals surface area contributed by atoms with Crippen LogP contribution in [0.15, 0.2) is 22.6 Å². The minimum absolute atomic E-state index is 0.0610. The third kappa shape index (κ3) is 4.07. The molecule has 1 amide bonds. The van der Waals surface area contributed by atoms with E-state index in [2.05, 4.69) is 27.1 Å². The lowest BCUT2D eigenvalue weighted by molar-refractivity contribution is -0.122. The maximum Gasteiger partial charge on any atom is 0.238 e. The number of carbonyl (C=O) groups is 1. The number of hydrogen-bond donors (Lipinski definition) is 2. The van der Waals surface area contributed by atoms with Gasteiger partial charge in [-0.2, -0.15) is 5.26 Å². The molecule has 8 nitrogen and oxygen atoms in total. The first kappa shape index (κ1) is 17.2. The summed E-state index contributed by atoms with van der Waals surface area (Å²) in [7, 11) is 2.12. The standard InChI is InChI=1S/C17H22N6O2/c1-22-6-8-23(9-7-22)12-2-3-14-15(10-12)25-16(21-14)11-13(19)17(24)20-5-4-18/h2-3,10,13H,5-9,11,19H2,1H3,(H,20,24)/t13-/m0/s1. The number of nitriles is 1. The zero-order chi connectivity index (χ0) is 17.8. The minimum Gasteiger partial charge on any atom is -0.441 e. The number of fused-ring (bicyclic) bond motifs is 1. The van der Waals surface area contributed by atoms with Crippen LogP contribution in [0.3, 0.4) is 0 Å². The summed E-state index contributed by atoms with van der Waals surface area (Å²) in [5.41, 5.74) is 8.39. The van der Waals surface area contributed by atoms with E-state index in [4.69, 9.17) is 15.4 Å². The van der Waals surface area contributed by atoms with Gasteiger partial charge in [-0.25, -0.2) is 4.98 Å². The molecule has 0 radical (unpaired) electrons. The van der Waals surface area contributed by atoms with E-state index < -0.39 is 6.04 Å². The van der Waals surface area contributed by atoms with E-state index in [9.17, 15) is 4.79 Å². The van der Waals surface area contributed by atoms with Gasteiger partial charge in [0, 0.05) is 44.4 Å². The molecule has 0 bridgehead atoms. The monoisotopic (exact) mass is 342 g/mol. The molecule has 0 aliphatic carbocycles. The van der Waals surface area contributed by atoms with Gasteiger partial charge in [0.05, 0.1) is 12.1 Å². The van der Waals surface area contributed by atoms with Crippen molar-refractivity contribution < 1.29 is 9.21 Å². The molecule has 1 atom stereocenters. The number of nitrogens with zero attached hydrogens (tertiary/aromatic N) is 4. The Morgan fingerprint density at radius 1 is 1.44 bits per heavy atom. The molecule has 25 heavy (non-hydrogen) atoms. The fourth-order valence-corrected chi connectivity index (χ4v) is 2.85. The Morgan fingerprint density at radius 2 is 2.20 bits per heavy atom. The lowest BCUT2D eigenvalue weighted by Crippen LogP contribution is -2.44. The van der Waals surface area contributed by atoms with Crippen LogP contribution in [-0.4, -0.2) is 61.6 Å². The lowest BCUT2D eigenvalue weighted by atomic mass is 10.2. The highest BCUT2D eigenvalue weighted by atomic mass is 16.3. The molecular formula is C17H22N6O2. The first-order valence-corrected chi connectivity index (χ1v) is 8.30. The molecule has 1 aliphatic heterocycles. The van der Waals surface area contributed by atoms with Crippen LogP contribution in [0.25, 0.3) is 11.1 Å². The molecule has 0 spiro atoms. The number of nitrogens with one attached hydrogen (secondary N) is 1. The van der Waals surface area contributed by atoms with E-state index in [1.165, 1.54) is 0 Å². The summed E-state index contributed by atoms with van der Waals surface area (Å²) in [6, 6.07) is 7.01. The molecular weight excluding hydrogens is 320 g/mol. The van der Waals surface area contributed by atoms with Crippen molar-refractivity contribution in [1.82, 2.24) is 15.2 Å². The van der Waals surface area contributed by atoms with Crippen LogP contribution in [0.4, 0.5) is 5.69 Å². The number of benzene rings is 1. The number of rotatable bonds is 5. The number of hydrogen-bond acceptors (Lipinski definition) is 7. The van der Waals surface area contributed by atoms with Gasteiger partial charge in [0.2, 0.25) is 5.91 Å². The molecule has 1 aliphatic rings. The molecule has 1 saturated heterocycles. The van der Waals surface area contributed by atoms with Gasteiger partial charge in [-0.1, -0.05) is 0 Å². The van der Waals surface area contributed by atoms with Crippen LogP contribution in [0, 0.1) is 11.3 Å². The second-order valence-electron chi connectivity index (χ2n) is 6.24. The maximum atomic E-state index is 11.7. The van der Waals surface area contributed by atoms with Crippen molar-refractivity contribution in [3.8, 4) is 6.07 Å². The number of anilines is 1. The summed E-state index contributed by atoms with van der Waals surface area (Å²) in [5.74, 6) is 0.0343. The Hall–Kier alpha value is -2.63. The van der Waals surface area contributed by atoms with E-state index in [1.54, 1.807) is 0 Å². The summed E-state index contributed by atoms with van der Waals surface area (Å²) in [4.78, 5) is 20.8. The molecule has 0 saturated carbocycles. The molecule has 1 fully saturated rings.